The highest BCUT2D eigenvalue weighted by Gasteiger charge is 2.61. The van der Waals surface area contributed by atoms with E-state index in [1.807, 2.05) is 0 Å². The molecule has 0 spiro atoms. The van der Waals surface area contributed by atoms with Gasteiger partial charge in [-0.3, -0.25) is 4.79 Å². The Hall–Kier alpha value is -0.650. The van der Waals surface area contributed by atoms with Crippen LogP contribution in [0.2, 0.25) is 0 Å². The average molecular weight is 434 g/mol. The van der Waals surface area contributed by atoms with Gasteiger partial charge in [-0.25, -0.2) is 0 Å². The molecular formula is C26H43NO4. The molecule has 176 valence electrons. The molecule has 5 aliphatic rings. The molecule has 0 bridgehead atoms. The number of ether oxygens (including phenoxy) is 1. The molecule has 31 heavy (non-hydrogen) atoms. The Balaban J connectivity index is 1.38. The van der Waals surface area contributed by atoms with E-state index < -0.39 is 12.2 Å². The van der Waals surface area contributed by atoms with Crippen LogP contribution in [0.4, 0.5) is 0 Å². The normalized spacial score (nSPS) is 52.6. The van der Waals surface area contributed by atoms with E-state index in [1.165, 1.54) is 6.42 Å². The SMILES string of the molecule is C[C@@H]1CCC[C@H](C(=O)N2CCC[C@H]3C4CCC5[C@@H](O)[C@@H](O)CCC5(C)[C@H]4CCC32C)O1. The molecule has 10 atom stereocenters. The fourth-order valence-corrected chi connectivity index (χ4v) is 8.93. The molecule has 0 radical (unpaired) electrons. The van der Waals surface area contributed by atoms with E-state index >= 15 is 0 Å². The van der Waals surface area contributed by atoms with Crippen molar-refractivity contribution in [2.45, 2.75) is 121 Å². The lowest BCUT2D eigenvalue weighted by Gasteiger charge is -2.65. The monoisotopic (exact) mass is 433 g/mol. The second-order valence-electron chi connectivity index (χ2n) is 12.1. The summed E-state index contributed by atoms with van der Waals surface area (Å²) < 4.78 is 6.10. The number of hydrogen-bond donors (Lipinski definition) is 2. The number of hydrogen-bond acceptors (Lipinski definition) is 4. The van der Waals surface area contributed by atoms with Gasteiger partial charge in [-0.1, -0.05) is 6.92 Å². The third kappa shape index (κ3) is 3.40. The van der Waals surface area contributed by atoms with Gasteiger partial charge in [0.05, 0.1) is 18.3 Å². The van der Waals surface area contributed by atoms with E-state index in [-0.39, 0.29) is 35.0 Å². The Kier molecular flexibility index (Phi) is 5.71. The van der Waals surface area contributed by atoms with Gasteiger partial charge in [0.1, 0.15) is 6.10 Å². The molecule has 2 N–H and O–H groups in total. The Labute approximate surface area is 187 Å². The number of carbonyl (C=O) groups excluding carboxylic acids is 1. The molecule has 0 aromatic heterocycles. The quantitative estimate of drug-likeness (QED) is 0.658. The maximum atomic E-state index is 13.6. The lowest BCUT2D eigenvalue weighted by atomic mass is 9.44. The van der Waals surface area contributed by atoms with E-state index in [2.05, 4.69) is 25.7 Å². The zero-order valence-corrected chi connectivity index (χ0v) is 19.8. The molecule has 5 nitrogen and oxygen atoms in total. The lowest BCUT2D eigenvalue weighted by molar-refractivity contribution is -0.193. The summed E-state index contributed by atoms with van der Waals surface area (Å²) in [4.78, 5) is 15.9. The number of aliphatic hydroxyl groups excluding tert-OH is 2. The number of rotatable bonds is 1. The van der Waals surface area contributed by atoms with Gasteiger partial charge in [0, 0.05) is 12.1 Å². The summed E-state index contributed by atoms with van der Waals surface area (Å²) in [6, 6.07) is 0. The maximum Gasteiger partial charge on any atom is 0.252 e. The van der Waals surface area contributed by atoms with E-state index in [0.717, 1.165) is 70.8 Å². The van der Waals surface area contributed by atoms with Gasteiger partial charge in [0.2, 0.25) is 0 Å². The first kappa shape index (κ1) is 22.2. The van der Waals surface area contributed by atoms with Crippen molar-refractivity contribution >= 4 is 5.91 Å². The molecule has 3 saturated carbocycles. The standard InChI is InChI=1S/C26H43NO4/c1-16-6-4-8-22(31-16)24(30)27-15-5-7-19-17-9-10-20-23(29)21(28)12-13-25(20,2)18(17)11-14-26(19,27)3/h16-23,28-29H,4-15H2,1-3H3/t16-,17?,18+,19+,20?,21+,22-,23-,25?,26?/m1/s1. The minimum atomic E-state index is -0.567. The van der Waals surface area contributed by atoms with Crippen LogP contribution >= 0.6 is 0 Å². The van der Waals surface area contributed by atoms with Crippen LogP contribution < -0.4 is 0 Å². The average Bonchev–Trinajstić information content (AvgIpc) is 2.75. The number of nitrogens with zero attached hydrogens (tertiary/aromatic N) is 1. The number of aliphatic hydroxyl groups is 2. The van der Waals surface area contributed by atoms with Gasteiger partial charge in [-0.2, -0.15) is 0 Å². The number of fused-ring (bicyclic) bond motifs is 5. The summed E-state index contributed by atoms with van der Waals surface area (Å²) in [5.41, 5.74) is 0.0631. The fraction of sp³-hybridized carbons (Fsp3) is 0.962. The fourth-order valence-electron chi connectivity index (χ4n) is 8.93. The summed E-state index contributed by atoms with van der Waals surface area (Å²) in [5, 5.41) is 21.1. The van der Waals surface area contributed by atoms with Crippen LogP contribution in [0.5, 0.6) is 0 Å². The van der Waals surface area contributed by atoms with E-state index in [9.17, 15) is 15.0 Å². The molecule has 2 saturated heterocycles. The second-order valence-corrected chi connectivity index (χ2v) is 12.1. The van der Waals surface area contributed by atoms with E-state index in [4.69, 9.17) is 4.74 Å². The smallest absolute Gasteiger partial charge is 0.252 e. The Bertz CT molecular complexity index is 699. The maximum absolute atomic E-state index is 13.6. The van der Waals surface area contributed by atoms with Gasteiger partial charge in [-0.15, -0.1) is 0 Å². The molecule has 0 aromatic rings. The topological polar surface area (TPSA) is 70.0 Å². The van der Waals surface area contributed by atoms with Crippen molar-refractivity contribution < 1.29 is 19.7 Å². The summed E-state index contributed by atoms with van der Waals surface area (Å²) in [6.07, 6.45) is 10.2. The molecule has 2 aliphatic heterocycles. The molecule has 0 aromatic carbocycles. The summed E-state index contributed by atoms with van der Waals surface area (Å²) in [5.74, 6) is 2.25. The van der Waals surface area contributed by atoms with Crippen LogP contribution in [0, 0.1) is 29.1 Å². The Morgan fingerprint density at radius 2 is 1.71 bits per heavy atom. The van der Waals surface area contributed by atoms with Gasteiger partial charge >= 0.3 is 0 Å². The zero-order valence-electron chi connectivity index (χ0n) is 19.8. The molecule has 4 unspecified atom stereocenters. The van der Waals surface area contributed by atoms with E-state index in [0.29, 0.717) is 17.8 Å². The Morgan fingerprint density at radius 1 is 0.903 bits per heavy atom. The van der Waals surface area contributed by atoms with Crippen molar-refractivity contribution in [2.75, 3.05) is 6.54 Å². The van der Waals surface area contributed by atoms with Crippen LogP contribution in [0.15, 0.2) is 0 Å². The van der Waals surface area contributed by atoms with Gasteiger partial charge in [-0.05, 0) is 114 Å². The van der Waals surface area contributed by atoms with Crippen molar-refractivity contribution in [2.24, 2.45) is 29.1 Å². The number of piperidine rings is 1. The first-order valence-corrected chi connectivity index (χ1v) is 13.1. The molecule has 3 aliphatic carbocycles. The lowest BCUT2D eigenvalue weighted by Crippen LogP contribution is -2.67. The van der Waals surface area contributed by atoms with Crippen molar-refractivity contribution in [1.29, 1.82) is 0 Å². The summed E-state index contributed by atoms with van der Waals surface area (Å²) in [7, 11) is 0. The first-order valence-electron chi connectivity index (χ1n) is 13.1. The molecule has 5 fully saturated rings. The molecule has 5 rings (SSSR count). The predicted octanol–water partition coefficient (Wildman–Crippen LogP) is 3.90. The number of carbonyl (C=O) groups is 1. The van der Waals surface area contributed by atoms with Crippen molar-refractivity contribution in [1.82, 2.24) is 4.90 Å². The van der Waals surface area contributed by atoms with Gasteiger partial charge in [0.25, 0.3) is 5.91 Å². The molecular weight excluding hydrogens is 390 g/mol. The van der Waals surface area contributed by atoms with Crippen LogP contribution in [0.3, 0.4) is 0 Å². The molecule has 5 heteroatoms. The van der Waals surface area contributed by atoms with Gasteiger partial charge < -0.3 is 19.8 Å². The van der Waals surface area contributed by atoms with Crippen molar-refractivity contribution in [3.05, 3.63) is 0 Å². The highest BCUT2D eigenvalue weighted by atomic mass is 16.5. The van der Waals surface area contributed by atoms with Crippen LogP contribution in [-0.4, -0.2) is 57.5 Å². The minimum absolute atomic E-state index is 0.0590. The summed E-state index contributed by atoms with van der Waals surface area (Å²) in [6.45, 7) is 7.74. The predicted molar refractivity (Wildman–Crippen MR) is 119 cm³/mol. The third-order valence-electron chi connectivity index (χ3n) is 10.6. The van der Waals surface area contributed by atoms with Crippen LogP contribution in [0.25, 0.3) is 0 Å². The zero-order chi connectivity index (χ0) is 22.0. The summed E-state index contributed by atoms with van der Waals surface area (Å²) >= 11 is 0. The third-order valence-corrected chi connectivity index (χ3v) is 10.6. The number of amides is 1. The van der Waals surface area contributed by atoms with Gasteiger partial charge in [0.15, 0.2) is 0 Å². The van der Waals surface area contributed by atoms with Crippen LogP contribution in [0.1, 0.15) is 91.4 Å². The van der Waals surface area contributed by atoms with E-state index in [1.54, 1.807) is 0 Å². The first-order chi connectivity index (χ1) is 14.8. The van der Waals surface area contributed by atoms with Crippen LogP contribution in [-0.2, 0) is 9.53 Å². The highest BCUT2D eigenvalue weighted by Crippen LogP contribution is 2.63. The Morgan fingerprint density at radius 3 is 2.48 bits per heavy atom. The van der Waals surface area contributed by atoms with Crippen molar-refractivity contribution in [3.63, 3.8) is 0 Å². The second kappa shape index (κ2) is 7.99. The largest absolute Gasteiger partial charge is 0.390 e. The molecule has 1 amide bonds. The molecule has 2 heterocycles. The number of likely N-dealkylation sites (tertiary alicyclic amines) is 1. The minimum Gasteiger partial charge on any atom is -0.390 e. The van der Waals surface area contributed by atoms with Crippen molar-refractivity contribution in [3.8, 4) is 0 Å². The highest BCUT2D eigenvalue weighted by molar-refractivity contribution is 5.82.